The summed E-state index contributed by atoms with van der Waals surface area (Å²) in [6, 6.07) is 9.59. The molecule has 4 rings (SSSR count). The van der Waals surface area contributed by atoms with Crippen LogP contribution in [-0.2, 0) is 21.5 Å². The summed E-state index contributed by atoms with van der Waals surface area (Å²) in [5.74, 6) is 1.58. The summed E-state index contributed by atoms with van der Waals surface area (Å²) in [4.78, 5) is 19.4. The Labute approximate surface area is 151 Å². The van der Waals surface area contributed by atoms with Gasteiger partial charge >= 0.3 is 0 Å². The van der Waals surface area contributed by atoms with Crippen molar-refractivity contribution >= 4 is 23.3 Å². The highest BCUT2D eigenvalue weighted by molar-refractivity contribution is 6.30. The minimum absolute atomic E-state index is 0.0846. The molecule has 2 heterocycles. The maximum atomic E-state index is 13.2. The zero-order chi connectivity index (χ0) is 17.6. The first-order chi connectivity index (χ1) is 12.1. The molecule has 0 unspecified atom stereocenters. The van der Waals surface area contributed by atoms with Gasteiger partial charge in [0.1, 0.15) is 11.6 Å². The lowest BCUT2D eigenvalue weighted by Crippen LogP contribution is -2.52. The Morgan fingerprint density at radius 2 is 2.00 bits per heavy atom. The van der Waals surface area contributed by atoms with Gasteiger partial charge in [-0.15, -0.1) is 0 Å². The Morgan fingerprint density at radius 1 is 1.28 bits per heavy atom. The SMILES string of the molecule is COc1ccc(CN2C(=O)C3(CC(OC)C3)c3cc(Cl)cnc32)cc1. The third-order valence-corrected chi connectivity index (χ3v) is 5.45. The molecule has 0 bridgehead atoms. The maximum Gasteiger partial charge on any atom is 0.239 e. The number of amides is 1. The number of ether oxygens (including phenoxy) is 2. The van der Waals surface area contributed by atoms with Gasteiger partial charge in [0.15, 0.2) is 0 Å². The highest BCUT2D eigenvalue weighted by Gasteiger charge is 2.59. The van der Waals surface area contributed by atoms with E-state index in [1.54, 1.807) is 25.3 Å². The summed E-state index contributed by atoms with van der Waals surface area (Å²) >= 11 is 6.15. The highest BCUT2D eigenvalue weighted by Crippen LogP contribution is 2.54. The molecule has 1 saturated carbocycles. The molecule has 2 aromatic rings. The van der Waals surface area contributed by atoms with E-state index in [0.29, 0.717) is 30.2 Å². The van der Waals surface area contributed by atoms with Crippen LogP contribution in [0.2, 0.25) is 5.02 Å². The van der Waals surface area contributed by atoms with Gasteiger partial charge in [-0.3, -0.25) is 9.69 Å². The van der Waals surface area contributed by atoms with E-state index in [1.807, 2.05) is 30.3 Å². The van der Waals surface area contributed by atoms with E-state index >= 15 is 0 Å². The zero-order valence-corrected chi connectivity index (χ0v) is 14.9. The summed E-state index contributed by atoms with van der Waals surface area (Å²) in [5, 5.41) is 0.554. The predicted molar refractivity (Wildman–Crippen MR) is 95.1 cm³/mol. The summed E-state index contributed by atoms with van der Waals surface area (Å²) in [7, 11) is 3.32. The number of nitrogens with zero attached hydrogens (tertiary/aromatic N) is 2. The average molecular weight is 359 g/mol. The number of pyridine rings is 1. The molecular weight excluding hydrogens is 340 g/mol. The van der Waals surface area contributed by atoms with Crippen LogP contribution in [0.1, 0.15) is 24.0 Å². The number of hydrogen-bond acceptors (Lipinski definition) is 4. The van der Waals surface area contributed by atoms with Crippen molar-refractivity contribution < 1.29 is 14.3 Å². The van der Waals surface area contributed by atoms with Crippen molar-refractivity contribution in [3.8, 4) is 5.75 Å². The van der Waals surface area contributed by atoms with E-state index in [2.05, 4.69) is 4.98 Å². The minimum Gasteiger partial charge on any atom is -0.497 e. The molecule has 0 atom stereocenters. The van der Waals surface area contributed by atoms with Crippen LogP contribution in [0.3, 0.4) is 0 Å². The fourth-order valence-electron chi connectivity index (χ4n) is 3.81. The van der Waals surface area contributed by atoms with Crippen molar-refractivity contribution in [1.29, 1.82) is 0 Å². The molecule has 1 fully saturated rings. The number of hydrogen-bond donors (Lipinski definition) is 0. The number of carbonyl (C=O) groups excluding carboxylic acids is 1. The standard InChI is InChI=1S/C19H19ClN2O3/c1-24-14-5-3-12(4-6-14)11-22-17-16(7-13(20)10-21-17)19(18(22)23)8-15(9-19)25-2/h3-7,10,15H,8-9,11H2,1-2H3. The molecule has 5 nitrogen and oxygen atoms in total. The second kappa shape index (κ2) is 6.00. The van der Waals surface area contributed by atoms with E-state index in [-0.39, 0.29) is 12.0 Å². The first-order valence-electron chi connectivity index (χ1n) is 8.21. The van der Waals surface area contributed by atoms with Crippen LogP contribution >= 0.6 is 11.6 Å². The number of methoxy groups -OCH3 is 2. The molecule has 2 aliphatic rings. The first-order valence-corrected chi connectivity index (χ1v) is 8.59. The van der Waals surface area contributed by atoms with Crippen LogP contribution in [0, 0.1) is 0 Å². The quantitative estimate of drug-likeness (QED) is 0.841. The monoisotopic (exact) mass is 358 g/mol. The summed E-state index contributed by atoms with van der Waals surface area (Å²) < 4.78 is 10.6. The minimum atomic E-state index is -0.541. The molecular formula is C19H19ClN2O3. The van der Waals surface area contributed by atoms with E-state index in [1.165, 1.54) is 0 Å². The van der Waals surface area contributed by atoms with Gasteiger partial charge in [-0.25, -0.2) is 4.98 Å². The molecule has 1 aliphatic heterocycles. The van der Waals surface area contributed by atoms with Gasteiger partial charge in [0.05, 0.1) is 30.2 Å². The Balaban J connectivity index is 1.68. The molecule has 1 aromatic heterocycles. The number of benzene rings is 1. The van der Waals surface area contributed by atoms with Crippen LogP contribution in [0.5, 0.6) is 5.75 Å². The van der Waals surface area contributed by atoms with E-state index in [9.17, 15) is 4.79 Å². The van der Waals surface area contributed by atoms with Crippen LogP contribution in [0.4, 0.5) is 5.82 Å². The van der Waals surface area contributed by atoms with Gasteiger partial charge in [-0.1, -0.05) is 23.7 Å². The van der Waals surface area contributed by atoms with E-state index in [4.69, 9.17) is 21.1 Å². The van der Waals surface area contributed by atoms with Gasteiger partial charge < -0.3 is 9.47 Å². The molecule has 1 amide bonds. The summed E-state index contributed by atoms with van der Waals surface area (Å²) in [6.45, 7) is 0.476. The molecule has 6 heteroatoms. The molecule has 130 valence electrons. The average Bonchev–Trinajstić information content (AvgIpc) is 2.82. The zero-order valence-electron chi connectivity index (χ0n) is 14.2. The Bertz CT molecular complexity index is 816. The van der Waals surface area contributed by atoms with Crippen molar-refractivity contribution in [1.82, 2.24) is 4.98 Å². The largest absolute Gasteiger partial charge is 0.497 e. The summed E-state index contributed by atoms with van der Waals surface area (Å²) in [6.07, 6.45) is 3.06. The van der Waals surface area contributed by atoms with Crippen LogP contribution in [-0.4, -0.2) is 31.2 Å². The molecule has 0 N–H and O–H groups in total. The van der Waals surface area contributed by atoms with Gasteiger partial charge in [0, 0.05) is 18.9 Å². The number of fused-ring (bicyclic) bond motifs is 2. The lowest BCUT2D eigenvalue weighted by atomic mass is 9.63. The van der Waals surface area contributed by atoms with Crippen molar-refractivity contribution in [2.45, 2.75) is 30.9 Å². The molecule has 0 saturated heterocycles. The number of rotatable bonds is 4. The van der Waals surface area contributed by atoms with Crippen LogP contribution in [0.15, 0.2) is 36.5 Å². The number of aromatic nitrogens is 1. The van der Waals surface area contributed by atoms with Crippen molar-refractivity contribution in [3.63, 3.8) is 0 Å². The van der Waals surface area contributed by atoms with E-state index in [0.717, 1.165) is 16.9 Å². The normalized spacial score (nSPS) is 24.4. The Morgan fingerprint density at radius 3 is 2.64 bits per heavy atom. The first kappa shape index (κ1) is 16.4. The maximum absolute atomic E-state index is 13.2. The van der Waals surface area contributed by atoms with Crippen LogP contribution < -0.4 is 9.64 Å². The van der Waals surface area contributed by atoms with Gasteiger partial charge in [0.25, 0.3) is 0 Å². The van der Waals surface area contributed by atoms with Crippen molar-refractivity contribution in [2.24, 2.45) is 0 Å². The molecule has 0 radical (unpaired) electrons. The molecule has 25 heavy (non-hydrogen) atoms. The number of anilines is 1. The smallest absolute Gasteiger partial charge is 0.239 e. The fourth-order valence-corrected chi connectivity index (χ4v) is 3.97. The number of halogens is 1. The highest BCUT2D eigenvalue weighted by atomic mass is 35.5. The second-order valence-corrected chi connectivity index (χ2v) is 7.05. The topological polar surface area (TPSA) is 51.7 Å². The molecule has 1 aliphatic carbocycles. The van der Waals surface area contributed by atoms with Crippen molar-refractivity contribution in [3.05, 3.63) is 52.7 Å². The lowest BCUT2D eigenvalue weighted by Gasteiger charge is -2.42. The molecule has 1 spiro atoms. The van der Waals surface area contributed by atoms with E-state index < -0.39 is 5.41 Å². The third kappa shape index (κ3) is 2.50. The second-order valence-electron chi connectivity index (χ2n) is 6.61. The Hall–Kier alpha value is -2.11. The van der Waals surface area contributed by atoms with Crippen molar-refractivity contribution in [2.75, 3.05) is 19.1 Å². The van der Waals surface area contributed by atoms with Gasteiger partial charge in [0.2, 0.25) is 5.91 Å². The van der Waals surface area contributed by atoms with Crippen LogP contribution in [0.25, 0.3) is 0 Å². The Kier molecular flexibility index (Phi) is 3.93. The predicted octanol–water partition coefficient (Wildman–Crippen LogP) is 3.34. The summed E-state index contributed by atoms with van der Waals surface area (Å²) in [5.41, 5.74) is 1.41. The third-order valence-electron chi connectivity index (χ3n) is 5.24. The van der Waals surface area contributed by atoms with Gasteiger partial charge in [-0.05, 0) is 36.6 Å². The van der Waals surface area contributed by atoms with Gasteiger partial charge in [-0.2, -0.15) is 0 Å². The molecule has 1 aromatic carbocycles. The number of carbonyl (C=O) groups is 1. The lowest BCUT2D eigenvalue weighted by molar-refractivity contribution is -0.132. The fraction of sp³-hybridized carbons (Fsp3) is 0.368.